The van der Waals surface area contributed by atoms with Crippen molar-refractivity contribution in [1.29, 1.82) is 0 Å². The Labute approximate surface area is 111 Å². The van der Waals surface area contributed by atoms with Crippen molar-refractivity contribution in [3.05, 3.63) is 0 Å². The van der Waals surface area contributed by atoms with Crippen LogP contribution in [-0.4, -0.2) is 34.7 Å². The lowest BCUT2D eigenvalue weighted by atomic mass is 10.0. The fourth-order valence-electron chi connectivity index (χ4n) is 1.37. The number of hydrogen-bond acceptors (Lipinski definition) is 3. The Bertz CT molecular complexity index is 337. The Balaban J connectivity index is 4.76. The molecular weight excluding hydrogens is 260 g/mol. The van der Waals surface area contributed by atoms with Crippen molar-refractivity contribution in [2.24, 2.45) is 5.92 Å². The van der Waals surface area contributed by atoms with Gasteiger partial charge < -0.3 is 15.2 Å². The van der Waals surface area contributed by atoms with Crippen molar-refractivity contribution in [3.63, 3.8) is 0 Å². The van der Waals surface area contributed by atoms with Gasteiger partial charge in [0.15, 0.2) is 0 Å². The standard InChI is InChI=1S/C12H21F2NO4/c1-7(2)6-8(9(16)17)15-10(18)12(13,14)19-11(3,4)5/h7-8H,6H2,1-5H3,(H,15,18)(H,16,17). The van der Waals surface area contributed by atoms with Crippen molar-refractivity contribution >= 4 is 11.9 Å². The van der Waals surface area contributed by atoms with E-state index in [2.05, 4.69) is 4.74 Å². The molecule has 0 aliphatic heterocycles. The highest BCUT2D eigenvalue weighted by Gasteiger charge is 2.45. The monoisotopic (exact) mass is 281 g/mol. The van der Waals surface area contributed by atoms with Crippen LogP contribution in [0.15, 0.2) is 0 Å². The number of carboxylic acid groups (broad SMARTS) is 1. The van der Waals surface area contributed by atoms with Gasteiger partial charge in [-0.15, -0.1) is 0 Å². The second kappa shape index (κ2) is 6.27. The molecule has 1 unspecified atom stereocenters. The van der Waals surface area contributed by atoms with Gasteiger partial charge in [0.05, 0.1) is 5.60 Å². The summed E-state index contributed by atoms with van der Waals surface area (Å²) in [5, 5.41) is 10.7. The van der Waals surface area contributed by atoms with Gasteiger partial charge in [0, 0.05) is 0 Å². The quantitative estimate of drug-likeness (QED) is 0.781. The lowest BCUT2D eigenvalue weighted by Gasteiger charge is -2.27. The first-order valence-corrected chi connectivity index (χ1v) is 5.97. The molecule has 19 heavy (non-hydrogen) atoms. The molecular formula is C12H21F2NO4. The predicted molar refractivity (Wildman–Crippen MR) is 64.8 cm³/mol. The average Bonchev–Trinajstić information content (AvgIpc) is 2.11. The topological polar surface area (TPSA) is 75.6 Å². The normalized spacial score (nSPS) is 14.3. The largest absolute Gasteiger partial charge is 0.480 e. The van der Waals surface area contributed by atoms with Crippen LogP contribution in [0.2, 0.25) is 0 Å². The lowest BCUT2D eigenvalue weighted by Crippen LogP contribution is -2.51. The Morgan fingerprint density at radius 3 is 2.05 bits per heavy atom. The third-order valence-electron chi connectivity index (χ3n) is 2.01. The van der Waals surface area contributed by atoms with Crippen molar-refractivity contribution in [2.75, 3.05) is 0 Å². The SMILES string of the molecule is CC(C)CC(NC(=O)C(F)(F)OC(C)(C)C)C(=O)O. The van der Waals surface area contributed by atoms with E-state index in [9.17, 15) is 18.4 Å². The third kappa shape index (κ3) is 7.05. The number of carbonyl (C=O) groups is 2. The maximum Gasteiger partial charge on any atom is 0.436 e. The van der Waals surface area contributed by atoms with Gasteiger partial charge in [0.1, 0.15) is 6.04 Å². The summed E-state index contributed by atoms with van der Waals surface area (Å²) in [5.41, 5.74) is -1.22. The van der Waals surface area contributed by atoms with E-state index in [-0.39, 0.29) is 12.3 Å². The highest BCUT2D eigenvalue weighted by Crippen LogP contribution is 2.24. The summed E-state index contributed by atoms with van der Waals surface area (Å²) in [6, 6.07) is -1.36. The number of aliphatic carboxylic acids is 1. The van der Waals surface area contributed by atoms with Gasteiger partial charge in [-0.3, -0.25) is 4.79 Å². The van der Waals surface area contributed by atoms with Gasteiger partial charge >= 0.3 is 18.0 Å². The van der Waals surface area contributed by atoms with Crippen LogP contribution in [-0.2, 0) is 14.3 Å². The van der Waals surface area contributed by atoms with Crippen LogP contribution in [0.25, 0.3) is 0 Å². The molecule has 0 aromatic heterocycles. The Hall–Kier alpha value is -1.24. The van der Waals surface area contributed by atoms with E-state index in [1.54, 1.807) is 19.2 Å². The summed E-state index contributed by atoms with van der Waals surface area (Å²) in [4.78, 5) is 22.3. The first-order chi connectivity index (χ1) is 8.35. The fourth-order valence-corrected chi connectivity index (χ4v) is 1.37. The fraction of sp³-hybridized carbons (Fsp3) is 0.833. The minimum atomic E-state index is -4.07. The molecule has 0 spiro atoms. The van der Waals surface area contributed by atoms with Gasteiger partial charge in [-0.05, 0) is 33.1 Å². The molecule has 112 valence electrons. The molecule has 1 atom stereocenters. The van der Waals surface area contributed by atoms with Crippen LogP contribution >= 0.6 is 0 Å². The Morgan fingerprint density at radius 2 is 1.74 bits per heavy atom. The summed E-state index contributed by atoms with van der Waals surface area (Å²) < 4.78 is 31.2. The van der Waals surface area contributed by atoms with E-state index in [0.717, 1.165) is 0 Å². The second-order valence-corrected chi connectivity index (χ2v) is 5.73. The summed E-state index contributed by atoms with van der Waals surface area (Å²) >= 11 is 0. The Kier molecular flexibility index (Phi) is 5.86. The zero-order valence-corrected chi connectivity index (χ0v) is 11.8. The highest BCUT2D eigenvalue weighted by molar-refractivity contribution is 5.87. The molecule has 7 heteroatoms. The molecule has 0 aromatic rings. The van der Waals surface area contributed by atoms with E-state index in [1.807, 2.05) is 0 Å². The van der Waals surface area contributed by atoms with E-state index in [1.165, 1.54) is 20.8 Å². The maximum atomic E-state index is 13.4. The first-order valence-electron chi connectivity index (χ1n) is 5.97. The van der Waals surface area contributed by atoms with Crippen molar-refractivity contribution < 1.29 is 28.2 Å². The molecule has 0 heterocycles. The van der Waals surface area contributed by atoms with Crippen LogP contribution in [0, 0.1) is 5.92 Å². The zero-order chi connectivity index (χ0) is 15.4. The summed E-state index contributed by atoms with van der Waals surface area (Å²) in [7, 11) is 0. The molecule has 0 aliphatic carbocycles. The van der Waals surface area contributed by atoms with Crippen LogP contribution in [0.3, 0.4) is 0 Å². The summed E-state index contributed by atoms with van der Waals surface area (Å²) in [5.74, 6) is -3.15. The smallest absolute Gasteiger partial charge is 0.436 e. The van der Waals surface area contributed by atoms with Gasteiger partial charge in [-0.2, -0.15) is 8.78 Å². The molecule has 0 aliphatic rings. The minimum absolute atomic E-state index is 0.0569. The molecule has 5 nitrogen and oxygen atoms in total. The summed E-state index contributed by atoms with van der Waals surface area (Å²) in [6.45, 7) is 7.57. The lowest BCUT2D eigenvalue weighted by molar-refractivity contribution is -0.267. The highest BCUT2D eigenvalue weighted by atomic mass is 19.3. The van der Waals surface area contributed by atoms with E-state index in [4.69, 9.17) is 5.11 Å². The molecule has 2 N–H and O–H groups in total. The van der Waals surface area contributed by atoms with Crippen LogP contribution in [0.5, 0.6) is 0 Å². The average molecular weight is 281 g/mol. The number of hydrogen-bond donors (Lipinski definition) is 2. The number of amides is 1. The molecule has 0 radical (unpaired) electrons. The first kappa shape index (κ1) is 17.8. The zero-order valence-electron chi connectivity index (χ0n) is 11.8. The molecule has 0 saturated heterocycles. The number of carbonyl (C=O) groups excluding carboxylic acids is 1. The van der Waals surface area contributed by atoms with Gasteiger partial charge in [0.2, 0.25) is 0 Å². The molecule has 0 bridgehead atoms. The molecule has 0 saturated carbocycles. The maximum absolute atomic E-state index is 13.4. The number of rotatable bonds is 6. The number of alkyl halides is 2. The molecule has 0 rings (SSSR count). The van der Waals surface area contributed by atoms with E-state index < -0.39 is 29.6 Å². The third-order valence-corrected chi connectivity index (χ3v) is 2.01. The molecule has 0 aromatic carbocycles. The predicted octanol–water partition coefficient (Wildman–Crippen LogP) is 2.01. The molecule has 1 amide bonds. The van der Waals surface area contributed by atoms with Crippen LogP contribution < -0.4 is 5.32 Å². The van der Waals surface area contributed by atoms with Crippen molar-refractivity contribution in [2.45, 2.75) is 58.8 Å². The van der Waals surface area contributed by atoms with Crippen molar-refractivity contribution in [1.82, 2.24) is 5.32 Å². The number of carboxylic acids is 1. The van der Waals surface area contributed by atoms with E-state index >= 15 is 0 Å². The van der Waals surface area contributed by atoms with E-state index in [0.29, 0.717) is 0 Å². The number of nitrogens with one attached hydrogen (secondary N) is 1. The molecule has 0 fully saturated rings. The van der Waals surface area contributed by atoms with Gasteiger partial charge in [0.25, 0.3) is 0 Å². The van der Waals surface area contributed by atoms with Crippen LogP contribution in [0.1, 0.15) is 41.0 Å². The second-order valence-electron chi connectivity index (χ2n) is 5.73. The minimum Gasteiger partial charge on any atom is -0.480 e. The summed E-state index contributed by atoms with van der Waals surface area (Å²) in [6.07, 6.45) is -4.00. The van der Waals surface area contributed by atoms with Gasteiger partial charge in [-0.25, -0.2) is 4.79 Å². The van der Waals surface area contributed by atoms with Crippen LogP contribution in [0.4, 0.5) is 8.78 Å². The van der Waals surface area contributed by atoms with Crippen molar-refractivity contribution in [3.8, 4) is 0 Å². The van der Waals surface area contributed by atoms with Gasteiger partial charge in [-0.1, -0.05) is 13.8 Å². The number of halogens is 2. The number of ether oxygens (including phenoxy) is 1. The Morgan fingerprint density at radius 1 is 1.26 bits per heavy atom.